The van der Waals surface area contributed by atoms with Crippen LogP contribution in [0.4, 0.5) is 0 Å². The summed E-state index contributed by atoms with van der Waals surface area (Å²) in [5.41, 5.74) is 6.13. The van der Waals surface area contributed by atoms with E-state index in [1.54, 1.807) is 0 Å². The maximum atomic E-state index is 4.46. The summed E-state index contributed by atoms with van der Waals surface area (Å²) in [6.07, 6.45) is 0. The van der Waals surface area contributed by atoms with Crippen LogP contribution in [0.25, 0.3) is 11.1 Å². The van der Waals surface area contributed by atoms with Gasteiger partial charge in [0.25, 0.3) is 0 Å². The normalized spacial score (nSPS) is 10.9. The highest BCUT2D eigenvalue weighted by Gasteiger charge is 2.10. The van der Waals surface area contributed by atoms with Crippen LogP contribution in [0, 0.1) is 13.8 Å². The van der Waals surface area contributed by atoms with Crippen molar-refractivity contribution >= 4 is 0 Å². The molecule has 0 saturated heterocycles. The zero-order chi connectivity index (χ0) is 13.1. The topological polar surface area (TPSA) is 29.9 Å². The largest absolute Gasteiger partial charge is 0.313 e. The molecule has 96 valence electrons. The lowest BCUT2D eigenvalue weighted by Gasteiger charge is -2.05. The third-order valence-electron chi connectivity index (χ3n) is 3.33. The van der Waals surface area contributed by atoms with Crippen LogP contribution in [0.1, 0.15) is 23.9 Å². The Bertz CT molecular complexity index is 523. The predicted octanol–water partition coefficient (Wildman–Crippen LogP) is 2.81. The number of aromatic nitrogens is 2. The molecule has 1 heterocycles. The predicted molar refractivity (Wildman–Crippen MR) is 75.5 cm³/mol. The van der Waals surface area contributed by atoms with Gasteiger partial charge < -0.3 is 5.32 Å². The molecular formula is C15H21N3. The summed E-state index contributed by atoms with van der Waals surface area (Å²) in [6, 6.07) is 8.74. The van der Waals surface area contributed by atoms with Gasteiger partial charge in [0.1, 0.15) is 0 Å². The highest BCUT2D eigenvalue weighted by molar-refractivity contribution is 5.68. The average Bonchev–Trinajstić information content (AvgIpc) is 2.62. The van der Waals surface area contributed by atoms with Crippen molar-refractivity contribution in [2.24, 2.45) is 7.05 Å². The van der Waals surface area contributed by atoms with Crippen molar-refractivity contribution in [3.63, 3.8) is 0 Å². The van der Waals surface area contributed by atoms with E-state index in [1.807, 2.05) is 11.7 Å². The number of aryl methyl sites for hydroxylation is 2. The van der Waals surface area contributed by atoms with Crippen molar-refractivity contribution in [3.8, 4) is 11.1 Å². The number of rotatable bonds is 4. The van der Waals surface area contributed by atoms with Gasteiger partial charge in [0.05, 0.1) is 5.69 Å². The first-order valence-electron chi connectivity index (χ1n) is 6.43. The fourth-order valence-electron chi connectivity index (χ4n) is 2.25. The highest BCUT2D eigenvalue weighted by atomic mass is 15.3. The van der Waals surface area contributed by atoms with E-state index in [1.165, 1.54) is 22.4 Å². The SMILES string of the molecule is CCNCc1ccc(-c2c(C)nn(C)c2C)cc1. The lowest BCUT2D eigenvalue weighted by molar-refractivity contribution is 0.727. The number of nitrogens with zero attached hydrogens (tertiary/aromatic N) is 2. The van der Waals surface area contributed by atoms with Crippen LogP contribution in [0.15, 0.2) is 24.3 Å². The summed E-state index contributed by atoms with van der Waals surface area (Å²) in [5, 5.41) is 7.80. The second-order valence-corrected chi connectivity index (χ2v) is 4.65. The van der Waals surface area contributed by atoms with Gasteiger partial charge in [0, 0.05) is 24.8 Å². The second-order valence-electron chi connectivity index (χ2n) is 4.65. The highest BCUT2D eigenvalue weighted by Crippen LogP contribution is 2.26. The monoisotopic (exact) mass is 243 g/mol. The van der Waals surface area contributed by atoms with Crippen molar-refractivity contribution < 1.29 is 0 Å². The maximum Gasteiger partial charge on any atom is 0.0674 e. The third kappa shape index (κ3) is 2.46. The quantitative estimate of drug-likeness (QED) is 0.895. The molecule has 2 rings (SSSR count). The van der Waals surface area contributed by atoms with Crippen molar-refractivity contribution in [2.45, 2.75) is 27.3 Å². The van der Waals surface area contributed by atoms with Gasteiger partial charge in [-0.1, -0.05) is 31.2 Å². The van der Waals surface area contributed by atoms with E-state index in [2.05, 4.69) is 55.5 Å². The lowest BCUT2D eigenvalue weighted by Crippen LogP contribution is -2.11. The molecule has 0 radical (unpaired) electrons. The Morgan fingerprint density at radius 3 is 2.33 bits per heavy atom. The van der Waals surface area contributed by atoms with Crippen molar-refractivity contribution in [3.05, 3.63) is 41.2 Å². The molecule has 0 saturated carbocycles. The van der Waals surface area contributed by atoms with Crippen LogP contribution >= 0.6 is 0 Å². The Morgan fingerprint density at radius 1 is 1.17 bits per heavy atom. The van der Waals surface area contributed by atoms with E-state index in [-0.39, 0.29) is 0 Å². The minimum atomic E-state index is 0.932. The van der Waals surface area contributed by atoms with Gasteiger partial charge in [-0.2, -0.15) is 5.10 Å². The molecule has 0 fully saturated rings. The minimum Gasteiger partial charge on any atom is -0.313 e. The van der Waals surface area contributed by atoms with Gasteiger partial charge in [0.15, 0.2) is 0 Å². The van der Waals surface area contributed by atoms with Crippen LogP contribution in [0.3, 0.4) is 0 Å². The van der Waals surface area contributed by atoms with Gasteiger partial charge in [-0.05, 0) is 31.5 Å². The molecule has 0 atom stereocenters. The van der Waals surface area contributed by atoms with E-state index in [9.17, 15) is 0 Å². The van der Waals surface area contributed by atoms with Crippen LogP contribution in [0.5, 0.6) is 0 Å². The Morgan fingerprint density at radius 2 is 1.83 bits per heavy atom. The first-order valence-corrected chi connectivity index (χ1v) is 6.43. The standard InChI is InChI=1S/C15H21N3/c1-5-16-10-13-6-8-14(9-7-13)15-11(2)17-18(4)12(15)3/h6-9,16H,5,10H2,1-4H3. The first-order chi connectivity index (χ1) is 8.63. The van der Waals surface area contributed by atoms with E-state index in [4.69, 9.17) is 0 Å². The summed E-state index contributed by atoms with van der Waals surface area (Å²) in [7, 11) is 1.99. The number of hydrogen-bond acceptors (Lipinski definition) is 2. The fraction of sp³-hybridized carbons (Fsp3) is 0.400. The molecule has 0 aliphatic heterocycles. The van der Waals surface area contributed by atoms with Crippen LogP contribution in [-0.4, -0.2) is 16.3 Å². The summed E-state index contributed by atoms with van der Waals surface area (Å²) >= 11 is 0. The Kier molecular flexibility index (Phi) is 3.82. The zero-order valence-corrected chi connectivity index (χ0v) is 11.6. The van der Waals surface area contributed by atoms with Crippen molar-refractivity contribution in [1.82, 2.24) is 15.1 Å². The molecule has 0 aliphatic rings. The summed E-state index contributed by atoms with van der Waals surface area (Å²) in [4.78, 5) is 0. The lowest BCUT2D eigenvalue weighted by atomic mass is 10.0. The van der Waals surface area contributed by atoms with E-state index in [0.29, 0.717) is 0 Å². The van der Waals surface area contributed by atoms with E-state index < -0.39 is 0 Å². The molecule has 0 bridgehead atoms. The molecule has 0 amide bonds. The van der Waals surface area contributed by atoms with E-state index >= 15 is 0 Å². The Labute approximate surface area is 109 Å². The van der Waals surface area contributed by atoms with Gasteiger partial charge in [-0.15, -0.1) is 0 Å². The molecule has 18 heavy (non-hydrogen) atoms. The smallest absolute Gasteiger partial charge is 0.0674 e. The third-order valence-corrected chi connectivity index (χ3v) is 3.33. The molecule has 2 aromatic rings. The molecule has 1 aromatic carbocycles. The van der Waals surface area contributed by atoms with Gasteiger partial charge in [-0.25, -0.2) is 0 Å². The average molecular weight is 243 g/mol. The molecular weight excluding hydrogens is 222 g/mol. The summed E-state index contributed by atoms with van der Waals surface area (Å²) in [6.45, 7) is 8.23. The van der Waals surface area contributed by atoms with Crippen LogP contribution < -0.4 is 5.32 Å². The number of nitrogens with one attached hydrogen (secondary N) is 1. The van der Waals surface area contributed by atoms with Gasteiger partial charge in [0.2, 0.25) is 0 Å². The minimum absolute atomic E-state index is 0.932. The van der Waals surface area contributed by atoms with Crippen LogP contribution in [-0.2, 0) is 13.6 Å². The zero-order valence-electron chi connectivity index (χ0n) is 11.6. The molecule has 1 aromatic heterocycles. The fourth-order valence-corrected chi connectivity index (χ4v) is 2.25. The number of benzene rings is 1. The van der Waals surface area contributed by atoms with E-state index in [0.717, 1.165) is 18.8 Å². The molecule has 3 heteroatoms. The van der Waals surface area contributed by atoms with Crippen LogP contribution in [0.2, 0.25) is 0 Å². The first kappa shape index (κ1) is 12.8. The summed E-state index contributed by atoms with van der Waals surface area (Å²) < 4.78 is 1.94. The van der Waals surface area contributed by atoms with Crippen molar-refractivity contribution in [2.75, 3.05) is 6.54 Å². The van der Waals surface area contributed by atoms with Gasteiger partial charge >= 0.3 is 0 Å². The second kappa shape index (κ2) is 5.36. The van der Waals surface area contributed by atoms with Gasteiger partial charge in [-0.3, -0.25) is 4.68 Å². The van der Waals surface area contributed by atoms with Crippen molar-refractivity contribution in [1.29, 1.82) is 0 Å². The number of hydrogen-bond donors (Lipinski definition) is 1. The summed E-state index contributed by atoms with van der Waals surface area (Å²) in [5.74, 6) is 0. The molecule has 0 spiro atoms. The molecule has 0 unspecified atom stereocenters. The molecule has 1 N–H and O–H groups in total. The molecule has 3 nitrogen and oxygen atoms in total. The Balaban J connectivity index is 2.29. The molecule has 0 aliphatic carbocycles. The maximum absolute atomic E-state index is 4.46. The Hall–Kier alpha value is -1.61.